The van der Waals surface area contributed by atoms with Crippen LogP contribution in [0.1, 0.15) is 24.7 Å². The van der Waals surface area contributed by atoms with Crippen molar-refractivity contribution < 1.29 is 4.79 Å². The van der Waals surface area contributed by atoms with Gasteiger partial charge in [-0.1, -0.05) is 18.2 Å². The van der Waals surface area contributed by atoms with E-state index in [0.29, 0.717) is 11.2 Å². The summed E-state index contributed by atoms with van der Waals surface area (Å²) < 4.78 is 2.41. The van der Waals surface area contributed by atoms with Gasteiger partial charge in [-0.3, -0.25) is 14.5 Å². The van der Waals surface area contributed by atoms with Gasteiger partial charge >= 0.3 is 0 Å². The molecule has 1 aromatic carbocycles. The number of rotatable bonds is 2. The predicted octanol–water partition coefficient (Wildman–Crippen LogP) is 1.88. The van der Waals surface area contributed by atoms with Crippen LogP contribution in [0.25, 0.3) is 5.69 Å². The second-order valence-corrected chi connectivity index (χ2v) is 4.60. The molecule has 0 aliphatic carbocycles. The third kappa shape index (κ3) is 1.84. The van der Waals surface area contributed by atoms with Crippen molar-refractivity contribution in [3.8, 4) is 5.69 Å². The zero-order valence-corrected chi connectivity index (χ0v) is 10.4. The zero-order valence-electron chi connectivity index (χ0n) is 9.59. The normalized spacial score (nSPS) is 18.9. The van der Waals surface area contributed by atoms with Crippen LogP contribution in [0.4, 0.5) is 0 Å². The summed E-state index contributed by atoms with van der Waals surface area (Å²) in [6, 6.07) is 9.70. The largest absolute Gasteiger partial charge is 0.346 e. The molecule has 0 bridgehead atoms. The summed E-state index contributed by atoms with van der Waals surface area (Å²) in [6.07, 6.45) is 1.30. The van der Waals surface area contributed by atoms with Crippen molar-refractivity contribution in [2.45, 2.75) is 18.9 Å². The molecule has 1 aromatic heterocycles. The van der Waals surface area contributed by atoms with E-state index in [9.17, 15) is 4.79 Å². The highest BCUT2D eigenvalue weighted by molar-refractivity contribution is 7.71. The van der Waals surface area contributed by atoms with Gasteiger partial charge < -0.3 is 5.32 Å². The molecule has 3 rings (SSSR count). The van der Waals surface area contributed by atoms with Crippen LogP contribution < -0.4 is 5.32 Å². The lowest BCUT2D eigenvalue weighted by Crippen LogP contribution is -2.21. The second-order valence-electron chi connectivity index (χ2n) is 4.22. The van der Waals surface area contributed by atoms with Gasteiger partial charge in [0.2, 0.25) is 5.91 Å². The van der Waals surface area contributed by atoms with Gasteiger partial charge in [-0.2, -0.15) is 5.10 Å². The van der Waals surface area contributed by atoms with Crippen LogP contribution in [0.3, 0.4) is 0 Å². The molecule has 1 saturated heterocycles. The number of hydrogen-bond acceptors (Lipinski definition) is 3. The molecule has 2 N–H and O–H groups in total. The Bertz CT molecular complexity index is 631. The van der Waals surface area contributed by atoms with Crippen LogP contribution in [0.15, 0.2) is 30.3 Å². The molecule has 1 aliphatic rings. The number of nitrogens with one attached hydrogen (secondary N) is 2. The molecule has 1 aliphatic heterocycles. The van der Waals surface area contributed by atoms with Crippen molar-refractivity contribution in [1.29, 1.82) is 0 Å². The van der Waals surface area contributed by atoms with E-state index in [2.05, 4.69) is 15.5 Å². The van der Waals surface area contributed by atoms with Crippen molar-refractivity contribution in [2.24, 2.45) is 0 Å². The van der Waals surface area contributed by atoms with E-state index in [-0.39, 0.29) is 11.9 Å². The van der Waals surface area contributed by atoms with E-state index < -0.39 is 0 Å². The van der Waals surface area contributed by atoms with Gasteiger partial charge in [0.15, 0.2) is 10.6 Å². The maximum absolute atomic E-state index is 11.3. The zero-order chi connectivity index (χ0) is 12.5. The first-order chi connectivity index (χ1) is 8.75. The number of aromatic nitrogens is 3. The molecule has 1 amide bonds. The highest BCUT2D eigenvalue weighted by Crippen LogP contribution is 2.24. The fourth-order valence-electron chi connectivity index (χ4n) is 2.18. The van der Waals surface area contributed by atoms with Gasteiger partial charge in [-0.25, -0.2) is 0 Å². The van der Waals surface area contributed by atoms with Gasteiger partial charge in [0.25, 0.3) is 0 Å². The number of amides is 1. The Morgan fingerprint density at radius 2 is 2.11 bits per heavy atom. The SMILES string of the molecule is O=C1CCC(c2n[nH]c(=S)n2-c2ccccc2)N1. The Balaban J connectivity index is 2.07. The first-order valence-electron chi connectivity index (χ1n) is 5.78. The monoisotopic (exact) mass is 260 g/mol. The summed E-state index contributed by atoms with van der Waals surface area (Å²) in [5, 5.41) is 9.94. The van der Waals surface area contributed by atoms with Crippen LogP contribution >= 0.6 is 12.2 Å². The molecular formula is C12H12N4OS. The number of hydrogen-bond donors (Lipinski definition) is 2. The number of benzene rings is 1. The van der Waals surface area contributed by atoms with Crippen molar-refractivity contribution in [2.75, 3.05) is 0 Å². The van der Waals surface area contributed by atoms with Crippen molar-refractivity contribution >= 4 is 18.1 Å². The minimum atomic E-state index is -0.0642. The molecule has 2 heterocycles. The molecule has 1 unspecified atom stereocenters. The lowest BCUT2D eigenvalue weighted by Gasteiger charge is -2.11. The Kier molecular flexibility index (Phi) is 2.71. The molecule has 1 atom stereocenters. The molecule has 6 heteroatoms. The Morgan fingerprint density at radius 3 is 2.78 bits per heavy atom. The van der Waals surface area contributed by atoms with Gasteiger partial charge in [0, 0.05) is 12.1 Å². The first-order valence-corrected chi connectivity index (χ1v) is 6.18. The molecule has 1 fully saturated rings. The van der Waals surface area contributed by atoms with Gasteiger partial charge in [-0.05, 0) is 30.8 Å². The van der Waals surface area contributed by atoms with Crippen molar-refractivity contribution in [3.05, 3.63) is 40.9 Å². The average molecular weight is 260 g/mol. The molecule has 2 aromatic rings. The smallest absolute Gasteiger partial charge is 0.220 e. The summed E-state index contributed by atoms with van der Waals surface area (Å²) in [4.78, 5) is 11.3. The number of H-pyrrole nitrogens is 1. The number of aromatic amines is 1. The topological polar surface area (TPSA) is 62.7 Å². The minimum absolute atomic E-state index is 0.0635. The summed E-state index contributed by atoms with van der Waals surface area (Å²) >= 11 is 5.25. The Hall–Kier alpha value is -1.95. The van der Waals surface area contributed by atoms with E-state index in [1.54, 1.807) is 0 Å². The molecule has 0 spiro atoms. The standard InChI is InChI=1S/C12H12N4OS/c17-10-7-6-9(13-10)11-14-15-12(18)16(11)8-4-2-1-3-5-8/h1-5,9H,6-7H2,(H,13,17)(H,15,18). The van der Waals surface area contributed by atoms with Crippen LogP contribution in [0, 0.1) is 4.77 Å². The number of para-hydroxylation sites is 1. The fraction of sp³-hybridized carbons (Fsp3) is 0.250. The third-order valence-electron chi connectivity index (χ3n) is 3.02. The quantitative estimate of drug-likeness (QED) is 0.810. The molecule has 5 nitrogen and oxygen atoms in total. The van der Waals surface area contributed by atoms with Crippen molar-refractivity contribution in [1.82, 2.24) is 20.1 Å². The van der Waals surface area contributed by atoms with E-state index in [0.717, 1.165) is 17.9 Å². The van der Waals surface area contributed by atoms with Crippen LogP contribution in [-0.4, -0.2) is 20.7 Å². The third-order valence-corrected chi connectivity index (χ3v) is 3.29. The number of carbonyl (C=O) groups is 1. The molecule has 92 valence electrons. The lowest BCUT2D eigenvalue weighted by atomic mass is 10.2. The van der Waals surface area contributed by atoms with Gasteiger partial charge in [0.05, 0.1) is 6.04 Å². The second kappa shape index (κ2) is 4.38. The summed E-state index contributed by atoms with van der Waals surface area (Å²) in [5.74, 6) is 0.825. The van der Waals surface area contributed by atoms with Crippen LogP contribution in [0.5, 0.6) is 0 Å². The molecule has 18 heavy (non-hydrogen) atoms. The van der Waals surface area contributed by atoms with E-state index >= 15 is 0 Å². The molecular weight excluding hydrogens is 248 g/mol. The van der Waals surface area contributed by atoms with Gasteiger partial charge in [-0.15, -0.1) is 0 Å². The maximum atomic E-state index is 11.3. The summed E-state index contributed by atoms with van der Waals surface area (Å²) in [5.41, 5.74) is 0.951. The lowest BCUT2D eigenvalue weighted by molar-refractivity contribution is -0.119. The summed E-state index contributed by atoms with van der Waals surface area (Å²) in [6.45, 7) is 0. The predicted molar refractivity (Wildman–Crippen MR) is 68.9 cm³/mol. The molecule has 0 saturated carbocycles. The highest BCUT2D eigenvalue weighted by Gasteiger charge is 2.27. The fourth-order valence-corrected chi connectivity index (χ4v) is 2.42. The van der Waals surface area contributed by atoms with E-state index in [1.807, 2.05) is 34.9 Å². The van der Waals surface area contributed by atoms with Crippen LogP contribution in [0.2, 0.25) is 0 Å². The Labute approximate surface area is 109 Å². The summed E-state index contributed by atoms with van der Waals surface area (Å²) in [7, 11) is 0. The Morgan fingerprint density at radius 1 is 1.33 bits per heavy atom. The maximum Gasteiger partial charge on any atom is 0.220 e. The van der Waals surface area contributed by atoms with Crippen LogP contribution in [-0.2, 0) is 4.79 Å². The van der Waals surface area contributed by atoms with Crippen molar-refractivity contribution in [3.63, 3.8) is 0 Å². The van der Waals surface area contributed by atoms with E-state index in [4.69, 9.17) is 12.2 Å². The molecule has 0 radical (unpaired) electrons. The van der Waals surface area contributed by atoms with E-state index in [1.165, 1.54) is 0 Å². The number of carbonyl (C=O) groups excluding carboxylic acids is 1. The average Bonchev–Trinajstić information content (AvgIpc) is 2.96. The highest BCUT2D eigenvalue weighted by atomic mass is 32.1. The van der Waals surface area contributed by atoms with Gasteiger partial charge in [0.1, 0.15) is 0 Å². The minimum Gasteiger partial charge on any atom is -0.346 e. The first kappa shape index (κ1) is 11.2. The number of nitrogens with zero attached hydrogens (tertiary/aromatic N) is 2.